The van der Waals surface area contributed by atoms with Crippen molar-refractivity contribution in [1.82, 2.24) is 15.3 Å². The second-order valence-electron chi connectivity index (χ2n) is 4.40. The normalized spacial score (nSPS) is 11.7. The van der Waals surface area contributed by atoms with Gasteiger partial charge in [0.1, 0.15) is 5.75 Å². The zero-order valence-corrected chi connectivity index (χ0v) is 11.6. The van der Waals surface area contributed by atoms with Crippen LogP contribution >= 0.6 is 0 Å². The summed E-state index contributed by atoms with van der Waals surface area (Å²) in [7, 11) is 1.56. The third-order valence-electron chi connectivity index (χ3n) is 3.01. The van der Waals surface area contributed by atoms with E-state index in [0.717, 1.165) is 5.56 Å². The molecule has 1 atom stereocenters. The number of aromatic carboxylic acids is 1. The number of ether oxygens (including phenoxy) is 1. The van der Waals surface area contributed by atoms with Crippen molar-refractivity contribution in [3.63, 3.8) is 0 Å². The molecule has 2 rings (SSSR count). The fraction of sp³-hybridized carbons (Fsp3) is 0.214. The Hall–Kier alpha value is -2.83. The van der Waals surface area contributed by atoms with Crippen LogP contribution in [0.2, 0.25) is 0 Å². The third kappa shape index (κ3) is 3.19. The number of hydrogen-bond acceptors (Lipinski definition) is 4. The van der Waals surface area contributed by atoms with E-state index in [4.69, 9.17) is 9.84 Å². The molecule has 0 fully saturated rings. The van der Waals surface area contributed by atoms with Crippen molar-refractivity contribution in [1.29, 1.82) is 0 Å². The number of benzene rings is 1. The molecule has 21 heavy (non-hydrogen) atoms. The molecule has 0 aliphatic heterocycles. The van der Waals surface area contributed by atoms with Crippen LogP contribution in [0.3, 0.4) is 0 Å². The maximum absolute atomic E-state index is 12.1. The molecule has 1 aromatic heterocycles. The number of H-pyrrole nitrogens is 1. The van der Waals surface area contributed by atoms with Crippen LogP contribution in [0.25, 0.3) is 0 Å². The van der Waals surface area contributed by atoms with Gasteiger partial charge in [-0.25, -0.2) is 9.78 Å². The number of amides is 1. The fourth-order valence-corrected chi connectivity index (χ4v) is 1.89. The Bertz CT molecular complexity index is 666. The molecule has 0 radical (unpaired) electrons. The maximum atomic E-state index is 12.1. The van der Waals surface area contributed by atoms with Crippen LogP contribution < -0.4 is 10.1 Å². The summed E-state index contributed by atoms with van der Waals surface area (Å²) < 4.78 is 5.13. The summed E-state index contributed by atoms with van der Waals surface area (Å²) in [5, 5.41) is 11.7. The number of imidazole rings is 1. The molecular weight excluding hydrogens is 274 g/mol. The second-order valence-corrected chi connectivity index (χ2v) is 4.40. The summed E-state index contributed by atoms with van der Waals surface area (Å²) in [6.45, 7) is 1.79. The van der Waals surface area contributed by atoms with Crippen molar-refractivity contribution in [2.24, 2.45) is 0 Å². The van der Waals surface area contributed by atoms with Crippen molar-refractivity contribution in [2.75, 3.05) is 7.11 Å². The van der Waals surface area contributed by atoms with Gasteiger partial charge < -0.3 is 20.1 Å². The van der Waals surface area contributed by atoms with Crippen LogP contribution in [-0.4, -0.2) is 34.1 Å². The number of hydrogen-bond donors (Lipinski definition) is 3. The molecule has 0 saturated carbocycles. The van der Waals surface area contributed by atoms with Crippen LogP contribution in [0.5, 0.6) is 5.75 Å². The average Bonchev–Trinajstić information content (AvgIpc) is 2.97. The monoisotopic (exact) mass is 289 g/mol. The van der Waals surface area contributed by atoms with E-state index in [1.54, 1.807) is 26.2 Å². The Balaban J connectivity index is 2.15. The van der Waals surface area contributed by atoms with E-state index in [0.29, 0.717) is 5.75 Å². The smallest absolute Gasteiger partial charge is 0.354 e. The summed E-state index contributed by atoms with van der Waals surface area (Å²) in [5.41, 5.74) is 0.470. The first-order valence-corrected chi connectivity index (χ1v) is 6.24. The predicted octanol–water partition coefficient (Wildman–Crippen LogP) is 1.61. The largest absolute Gasteiger partial charge is 0.497 e. The molecule has 7 heteroatoms. The minimum Gasteiger partial charge on any atom is -0.497 e. The van der Waals surface area contributed by atoms with Crippen LogP contribution in [0.15, 0.2) is 30.6 Å². The van der Waals surface area contributed by atoms with Gasteiger partial charge in [-0.3, -0.25) is 4.79 Å². The van der Waals surface area contributed by atoms with Gasteiger partial charge in [-0.15, -0.1) is 0 Å². The summed E-state index contributed by atoms with van der Waals surface area (Å²) in [5.74, 6) is -1.10. The van der Waals surface area contributed by atoms with Crippen molar-refractivity contribution in [3.8, 4) is 5.75 Å². The van der Waals surface area contributed by atoms with Crippen molar-refractivity contribution in [3.05, 3.63) is 47.5 Å². The summed E-state index contributed by atoms with van der Waals surface area (Å²) in [4.78, 5) is 29.2. The number of carbonyl (C=O) groups is 2. The number of carboxylic acid groups (broad SMARTS) is 1. The number of nitrogens with zero attached hydrogens (tertiary/aromatic N) is 1. The van der Waals surface area contributed by atoms with Crippen LogP contribution in [0.4, 0.5) is 0 Å². The van der Waals surface area contributed by atoms with E-state index in [9.17, 15) is 9.59 Å². The highest BCUT2D eigenvalue weighted by atomic mass is 16.5. The second kappa shape index (κ2) is 6.08. The van der Waals surface area contributed by atoms with E-state index in [1.807, 2.05) is 12.1 Å². The van der Waals surface area contributed by atoms with Gasteiger partial charge >= 0.3 is 5.97 Å². The van der Waals surface area contributed by atoms with Gasteiger partial charge in [-0.1, -0.05) is 12.1 Å². The van der Waals surface area contributed by atoms with Crippen molar-refractivity contribution < 1.29 is 19.4 Å². The van der Waals surface area contributed by atoms with E-state index >= 15 is 0 Å². The minimum absolute atomic E-state index is 0.141. The average molecular weight is 289 g/mol. The lowest BCUT2D eigenvalue weighted by Gasteiger charge is -2.14. The lowest BCUT2D eigenvalue weighted by molar-refractivity contribution is 0.0684. The van der Waals surface area contributed by atoms with Gasteiger partial charge in [0.25, 0.3) is 5.91 Å². The van der Waals surface area contributed by atoms with E-state index in [1.165, 1.54) is 6.33 Å². The highest BCUT2D eigenvalue weighted by molar-refractivity contribution is 6.02. The Kier molecular flexibility index (Phi) is 4.22. The van der Waals surface area contributed by atoms with Crippen molar-refractivity contribution >= 4 is 11.9 Å². The lowest BCUT2D eigenvalue weighted by atomic mass is 10.1. The highest BCUT2D eigenvalue weighted by Gasteiger charge is 2.21. The van der Waals surface area contributed by atoms with E-state index < -0.39 is 11.9 Å². The molecule has 0 bridgehead atoms. The van der Waals surface area contributed by atoms with Crippen LogP contribution in [0.1, 0.15) is 39.5 Å². The van der Waals surface area contributed by atoms with Crippen LogP contribution in [-0.2, 0) is 0 Å². The molecule has 0 saturated heterocycles. The van der Waals surface area contributed by atoms with Crippen LogP contribution in [0, 0.1) is 0 Å². The molecule has 110 valence electrons. The molecule has 1 aromatic carbocycles. The quantitative estimate of drug-likeness (QED) is 0.775. The molecule has 1 amide bonds. The number of methoxy groups -OCH3 is 1. The molecule has 2 aromatic rings. The van der Waals surface area contributed by atoms with Gasteiger partial charge in [0, 0.05) is 0 Å². The Morgan fingerprint density at radius 2 is 2.19 bits per heavy atom. The molecule has 0 aliphatic rings. The zero-order chi connectivity index (χ0) is 15.4. The predicted molar refractivity (Wildman–Crippen MR) is 74.4 cm³/mol. The van der Waals surface area contributed by atoms with Gasteiger partial charge in [0.05, 0.1) is 19.5 Å². The number of aromatic amines is 1. The number of nitrogens with one attached hydrogen (secondary N) is 2. The van der Waals surface area contributed by atoms with Gasteiger partial charge in [-0.05, 0) is 24.6 Å². The van der Waals surface area contributed by atoms with Crippen molar-refractivity contribution in [2.45, 2.75) is 13.0 Å². The van der Waals surface area contributed by atoms with Gasteiger partial charge in [0.15, 0.2) is 11.4 Å². The standard InChI is InChI=1S/C14H15N3O4/c1-8(9-4-3-5-10(6-9)21-2)17-13(18)11-12(14(19)20)16-7-15-11/h3-8H,1-2H3,(H,15,16)(H,17,18)(H,19,20)/t8-/m1/s1. The first-order valence-electron chi connectivity index (χ1n) is 6.24. The van der Waals surface area contributed by atoms with Gasteiger partial charge in [-0.2, -0.15) is 0 Å². The lowest BCUT2D eigenvalue weighted by Crippen LogP contribution is -2.28. The topological polar surface area (TPSA) is 104 Å². The first kappa shape index (κ1) is 14.6. The maximum Gasteiger partial charge on any atom is 0.354 e. The molecular formula is C14H15N3O4. The zero-order valence-electron chi connectivity index (χ0n) is 11.6. The Morgan fingerprint density at radius 1 is 1.43 bits per heavy atom. The Morgan fingerprint density at radius 3 is 2.86 bits per heavy atom. The SMILES string of the molecule is COc1cccc([C@@H](C)NC(=O)c2nc[nH]c2C(=O)O)c1. The number of aromatic nitrogens is 2. The first-order chi connectivity index (χ1) is 10.0. The molecule has 3 N–H and O–H groups in total. The summed E-state index contributed by atoms with van der Waals surface area (Å²) in [6.07, 6.45) is 1.18. The molecule has 7 nitrogen and oxygen atoms in total. The molecule has 0 aliphatic carbocycles. The highest BCUT2D eigenvalue weighted by Crippen LogP contribution is 2.19. The van der Waals surface area contributed by atoms with E-state index in [-0.39, 0.29) is 17.4 Å². The van der Waals surface area contributed by atoms with Gasteiger partial charge in [0.2, 0.25) is 0 Å². The van der Waals surface area contributed by atoms with E-state index in [2.05, 4.69) is 15.3 Å². The number of carbonyl (C=O) groups excluding carboxylic acids is 1. The number of rotatable bonds is 5. The number of carboxylic acids is 1. The Labute approximate surface area is 121 Å². The summed E-state index contributed by atoms with van der Waals surface area (Å²) >= 11 is 0. The molecule has 0 spiro atoms. The molecule has 1 heterocycles. The fourth-order valence-electron chi connectivity index (χ4n) is 1.89. The minimum atomic E-state index is -1.23. The summed E-state index contributed by atoms with van der Waals surface area (Å²) in [6, 6.07) is 6.94. The molecule has 0 unspecified atom stereocenters. The third-order valence-corrected chi connectivity index (χ3v) is 3.01.